The van der Waals surface area contributed by atoms with Gasteiger partial charge in [-0.25, -0.2) is 4.79 Å². The number of rotatable bonds is 3. The van der Waals surface area contributed by atoms with Gasteiger partial charge < -0.3 is 10.4 Å². The molecular formula is C16H21NO3. The third-order valence-corrected chi connectivity index (χ3v) is 3.89. The van der Waals surface area contributed by atoms with Gasteiger partial charge in [-0.3, -0.25) is 4.79 Å². The number of aromatic carboxylic acids is 1. The van der Waals surface area contributed by atoms with Crippen molar-refractivity contribution < 1.29 is 14.7 Å². The molecule has 2 N–H and O–H groups in total. The molecule has 1 aromatic rings. The monoisotopic (exact) mass is 275 g/mol. The number of carbonyl (C=O) groups excluding carboxylic acids is 1. The second-order valence-corrected chi connectivity index (χ2v) is 5.38. The summed E-state index contributed by atoms with van der Waals surface area (Å²) in [5.74, 6) is -1.05. The van der Waals surface area contributed by atoms with E-state index in [0.29, 0.717) is 5.69 Å². The summed E-state index contributed by atoms with van der Waals surface area (Å²) in [5.41, 5.74) is 0.541. The minimum atomic E-state index is -1.02. The molecule has 1 amide bonds. The quantitative estimate of drug-likeness (QED) is 0.884. The third-order valence-electron chi connectivity index (χ3n) is 3.89. The Bertz CT molecular complexity index is 476. The van der Waals surface area contributed by atoms with Crippen molar-refractivity contribution in [1.82, 2.24) is 0 Å². The number of hydrogen-bond donors (Lipinski definition) is 2. The zero-order valence-electron chi connectivity index (χ0n) is 11.6. The molecule has 0 aliphatic heterocycles. The second kappa shape index (κ2) is 7.08. The number of anilines is 1. The number of carboxylic acids is 1. The van der Waals surface area contributed by atoms with E-state index in [0.717, 1.165) is 25.7 Å². The summed E-state index contributed by atoms with van der Waals surface area (Å²) >= 11 is 0. The molecule has 0 saturated heterocycles. The molecule has 1 aliphatic carbocycles. The fraction of sp³-hybridized carbons (Fsp3) is 0.500. The van der Waals surface area contributed by atoms with Gasteiger partial charge in [-0.15, -0.1) is 0 Å². The zero-order valence-corrected chi connectivity index (χ0v) is 11.6. The summed E-state index contributed by atoms with van der Waals surface area (Å²) < 4.78 is 0. The summed E-state index contributed by atoms with van der Waals surface area (Å²) in [7, 11) is 0. The summed E-state index contributed by atoms with van der Waals surface area (Å²) in [5, 5.41) is 11.9. The molecule has 108 valence electrons. The zero-order chi connectivity index (χ0) is 14.4. The van der Waals surface area contributed by atoms with Gasteiger partial charge >= 0.3 is 5.97 Å². The number of carbonyl (C=O) groups is 2. The molecule has 1 aliphatic rings. The maximum Gasteiger partial charge on any atom is 0.337 e. The molecule has 2 rings (SSSR count). The first-order chi connectivity index (χ1) is 9.68. The van der Waals surface area contributed by atoms with Crippen LogP contribution < -0.4 is 5.32 Å². The highest BCUT2D eigenvalue weighted by Crippen LogP contribution is 2.24. The van der Waals surface area contributed by atoms with Crippen LogP contribution in [0.25, 0.3) is 0 Å². The van der Waals surface area contributed by atoms with Crippen molar-refractivity contribution in [2.24, 2.45) is 5.92 Å². The van der Waals surface area contributed by atoms with Crippen LogP contribution in [0.15, 0.2) is 24.3 Å². The molecule has 4 nitrogen and oxygen atoms in total. The van der Waals surface area contributed by atoms with E-state index in [9.17, 15) is 9.59 Å². The van der Waals surface area contributed by atoms with Crippen LogP contribution in [0, 0.1) is 5.92 Å². The largest absolute Gasteiger partial charge is 0.478 e. The van der Waals surface area contributed by atoms with Gasteiger partial charge in [0.15, 0.2) is 0 Å². The van der Waals surface area contributed by atoms with Crippen LogP contribution in [0.4, 0.5) is 5.69 Å². The fourth-order valence-corrected chi connectivity index (χ4v) is 2.73. The van der Waals surface area contributed by atoms with Crippen LogP contribution in [0.2, 0.25) is 0 Å². The Kier molecular flexibility index (Phi) is 5.16. The van der Waals surface area contributed by atoms with E-state index in [1.54, 1.807) is 18.2 Å². The Morgan fingerprint density at radius 1 is 1.00 bits per heavy atom. The highest BCUT2D eigenvalue weighted by molar-refractivity contribution is 6.01. The molecule has 0 aromatic heterocycles. The molecule has 0 bridgehead atoms. The second-order valence-electron chi connectivity index (χ2n) is 5.38. The van der Waals surface area contributed by atoms with Crippen molar-refractivity contribution in [3.05, 3.63) is 29.8 Å². The predicted octanol–water partition coefficient (Wildman–Crippen LogP) is 3.68. The van der Waals surface area contributed by atoms with Gasteiger partial charge in [0.05, 0.1) is 11.3 Å². The average molecular weight is 275 g/mol. The van der Waals surface area contributed by atoms with Crippen LogP contribution in [0.5, 0.6) is 0 Å². The van der Waals surface area contributed by atoms with E-state index in [1.807, 2.05) is 0 Å². The van der Waals surface area contributed by atoms with Gasteiger partial charge in [-0.05, 0) is 25.0 Å². The first-order valence-electron chi connectivity index (χ1n) is 7.31. The Morgan fingerprint density at radius 3 is 2.25 bits per heavy atom. The number of para-hydroxylation sites is 1. The molecule has 1 aromatic carbocycles. The molecule has 0 unspecified atom stereocenters. The third kappa shape index (κ3) is 3.83. The van der Waals surface area contributed by atoms with Gasteiger partial charge in [-0.1, -0.05) is 44.2 Å². The lowest BCUT2D eigenvalue weighted by atomic mass is 9.90. The van der Waals surface area contributed by atoms with Crippen LogP contribution >= 0.6 is 0 Å². The molecule has 1 fully saturated rings. The first kappa shape index (κ1) is 14.6. The van der Waals surface area contributed by atoms with Crippen molar-refractivity contribution in [3.63, 3.8) is 0 Å². The van der Waals surface area contributed by atoms with E-state index in [-0.39, 0.29) is 17.4 Å². The number of benzene rings is 1. The number of carboxylic acid groups (broad SMARTS) is 1. The van der Waals surface area contributed by atoms with Crippen LogP contribution in [-0.4, -0.2) is 17.0 Å². The maximum absolute atomic E-state index is 12.3. The summed E-state index contributed by atoms with van der Waals surface area (Å²) in [6.45, 7) is 0. The lowest BCUT2D eigenvalue weighted by molar-refractivity contribution is -0.120. The van der Waals surface area contributed by atoms with Crippen molar-refractivity contribution >= 4 is 17.6 Å². The number of nitrogens with one attached hydrogen (secondary N) is 1. The van der Waals surface area contributed by atoms with Crippen LogP contribution in [-0.2, 0) is 4.79 Å². The van der Waals surface area contributed by atoms with E-state index in [2.05, 4.69) is 5.32 Å². The van der Waals surface area contributed by atoms with E-state index >= 15 is 0 Å². The molecule has 4 heteroatoms. The van der Waals surface area contributed by atoms with Gasteiger partial charge in [0.25, 0.3) is 0 Å². The Hall–Kier alpha value is -1.84. The summed E-state index contributed by atoms with van der Waals surface area (Å²) in [6.07, 6.45) is 7.61. The molecular weight excluding hydrogens is 254 g/mol. The van der Waals surface area contributed by atoms with E-state index < -0.39 is 5.97 Å². The Balaban J connectivity index is 2.05. The molecule has 0 atom stereocenters. The van der Waals surface area contributed by atoms with Crippen molar-refractivity contribution in [3.8, 4) is 0 Å². The molecule has 1 saturated carbocycles. The van der Waals surface area contributed by atoms with Gasteiger partial charge in [0.1, 0.15) is 0 Å². The Labute approximate surface area is 119 Å². The van der Waals surface area contributed by atoms with Crippen LogP contribution in [0.3, 0.4) is 0 Å². The lowest BCUT2D eigenvalue weighted by Crippen LogP contribution is -2.24. The maximum atomic E-state index is 12.3. The predicted molar refractivity (Wildman–Crippen MR) is 77.8 cm³/mol. The summed E-state index contributed by atoms with van der Waals surface area (Å²) in [4.78, 5) is 23.4. The lowest BCUT2D eigenvalue weighted by Gasteiger charge is -2.19. The van der Waals surface area contributed by atoms with Gasteiger partial charge in [-0.2, -0.15) is 0 Å². The van der Waals surface area contributed by atoms with Gasteiger partial charge in [0.2, 0.25) is 5.91 Å². The smallest absolute Gasteiger partial charge is 0.337 e. The highest BCUT2D eigenvalue weighted by Gasteiger charge is 2.21. The normalized spacial score (nSPS) is 17.0. The van der Waals surface area contributed by atoms with Crippen LogP contribution in [0.1, 0.15) is 55.3 Å². The fourth-order valence-electron chi connectivity index (χ4n) is 2.73. The standard InChI is InChI=1S/C16H21NO3/c18-15(12-8-4-2-1-3-5-9-12)17-14-11-7-6-10-13(14)16(19)20/h6-7,10-12H,1-5,8-9H2,(H,17,18)(H,19,20). The summed E-state index contributed by atoms with van der Waals surface area (Å²) in [6, 6.07) is 6.55. The van der Waals surface area contributed by atoms with Crippen molar-refractivity contribution in [2.45, 2.75) is 44.9 Å². The SMILES string of the molecule is O=C(O)c1ccccc1NC(=O)C1CCCCCCC1. The first-order valence-corrected chi connectivity index (χ1v) is 7.31. The minimum Gasteiger partial charge on any atom is -0.478 e. The molecule has 0 spiro atoms. The van der Waals surface area contributed by atoms with Gasteiger partial charge in [0, 0.05) is 5.92 Å². The Morgan fingerprint density at radius 2 is 1.60 bits per heavy atom. The molecule has 0 heterocycles. The number of amides is 1. The average Bonchev–Trinajstić information content (AvgIpc) is 2.38. The minimum absolute atomic E-state index is 0.0113. The molecule has 0 radical (unpaired) electrons. The molecule has 20 heavy (non-hydrogen) atoms. The van der Waals surface area contributed by atoms with E-state index in [1.165, 1.54) is 25.3 Å². The van der Waals surface area contributed by atoms with Crippen molar-refractivity contribution in [1.29, 1.82) is 0 Å². The highest BCUT2D eigenvalue weighted by atomic mass is 16.4. The number of hydrogen-bond acceptors (Lipinski definition) is 2. The van der Waals surface area contributed by atoms with E-state index in [4.69, 9.17) is 5.11 Å². The van der Waals surface area contributed by atoms with Crippen molar-refractivity contribution in [2.75, 3.05) is 5.32 Å². The topological polar surface area (TPSA) is 66.4 Å².